The molecular weight excluding hydrogens is 392 g/mol. The number of hydrogen-bond acceptors (Lipinski definition) is 5. The summed E-state index contributed by atoms with van der Waals surface area (Å²) in [7, 11) is 3.32. The van der Waals surface area contributed by atoms with Crippen LogP contribution >= 0.6 is 28.1 Å². The minimum absolute atomic E-state index is 0.420. The van der Waals surface area contributed by atoms with Crippen molar-refractivity contribution in [3.8, 4) is 11.5 Å². The number of thiocarbonyl (C=S) groups is 1. The molecule has 0 unspecified atom stereocenters. The van der Waals surface area contributed by atoms with E-state index in [2.05, 4.69) is 36.8 Å². The first-order valence-corrected chi connectivity index (χ1v) is 8.24. The minimum Gasteiger partial charge on any atom is -0.493 e. The van der Waals surface area contributed by atoms with E-state index in [1.807, 2.05) is 24.3 Å². The lowest BCUT2D eigenvalue weighted by atomic mass is 10.2. The van der Waals surface area contributed by atoms with Crippen LogP contribution in [0.5, 0.6) is 11.5 Å². The molecule has 2 N–H and O–H groups in total. The molecule has 0 spiro atoms. The second kappa shape index (κ2) is 9.19. The van der Waals surface area contributed by atoms with Crippen molar-refractivity contribution >= 4 is 39.5 Å². The van der Waals surface area contributed by atoms with Gasteiger partial charge in [0.25, 0.3) is 0 Å². The summed E-state index contributed by atoms with van der Waals surface area (Å²) in [5.41, 5.74) is 4.55. The topological polar surface area (TPSA) is 67.8 Å². The molecule has 6 nitrogen and oxygen atoms in total. The number of rotatable bonds is 6. The van der Waals surface area contributed by atoms with Crippen LogP contribution in [-0.4, -0.2) is 30.5 Å². The Morgan fingerprint density at radius 3 is 2.79 bits per heavy atom. The van der Waals surface area contributed by atoms with E-state index in [0.717, 1.165) is 15.6 Å². The third kappa shape index (κ3) is 5.17. The molecule has 1 aromatic heterocycles. The number of aromatic nitrogens is 1. The van der Waals surface area contributed by atoms with Gasteiger partial charge in [0.2, 0.25) is 0 Å². The van der Waals surface area contributed by atoms with Crippen LogP contribution in [0, 0.1) is 0 Å². The van der Waals surface area contributed by atoms with E-state index in [1.165, 1.54) is 0 Å². The first-order valence-electron chi connectivity index (χ1n) is 7.04. The standard InChI is InChI=1S/C16H17BrN4O2S/c1-18-16(24)21-20-9-12-7-13(17)15(14(8-12)22-2)23-10-11-3-5-19-6-4-11/h3-9H,10H2,1-2H3,(H2,18,21,24). The predicted molar refractivity (Wildman–Crippen MR) is 102 cm³/mol. The highest BCUT2D eigenvalue weighted by Gasteiger charge is 2.11. The van der Waals surface area contributed by atoms with Crippen LogP contribution in [0.2, 0.25) is 0 Å². The van der Waals surface area contributed by atoms with Crippen LogP contribution in [0.25, 0.3) is 0 Å². The van der Waals surface area contributed by atoms with Crippen LogP contribution in [0.1, 0.15) is 11.1 Å². The van der Waals surface area contributed by atoms with Gasteiger partial charge in [-0.05, 0) is 63.5 Å². The number of halogens is 1. The Bertz CT molecular complexity index is 726. The third-order valence-corrected chi connectivity index (χ3v) is 3.88. The van der Waals surface area contributed by atoms with Crippen molar-refractivity contribution < 1.29 is 9.47 Å². The van der Waals surface area contributed by atoms with E-state index < -0.39 is 0 Å². The van der Waals surface area contributed by atoms with Crippen molar-refractivity contribution in [3.05, 3.63) is 52.3 Å². The number of nitrogens with one attached hydrogen (secondary N) is 2. The van der Waals surface area contributed by atoms with Gasteiger partial charge in [-0.1, -0.05) is 0 Å². The van der Waals surface area contributed by atoms with Crippen LogP contribution in [0.4, 0.5) is 0 Å². The number of hydrazone groups is 1. The third-order valence-electron chi connectivity index (χ3n) is 2.99. The number of nitrogens with zero attached hydrogens (tertiary/aromatic N) is 2. The molecule has 126 valence electrons. The molecule has 0 fully saturated rings. The lowest BCUT2D eigenvalue weighted by molar-refractivity contribution is 0.282. The van der Waals surface area contributed by atoms with E-state index in [0.29, 0.717) is 23.2 Å². The molecule has 2 rings (SSSR count). The van der Waals surface area contributed by atoms with Crippen molar-refractivity contribution in [1.82, 2.24) is 15.7 Å². The smallest absolute Gasteiger partial charge is 0.186 e. The monoisotopic (exact) mass is 408 g/mol. The quantitative estimate of drug-likeness (QED) is 0.435. The van der Waals surface area contributed by atoms with Gasteiger partial charge >= 0.3 is 0 Å². The molecule has 0 atom stereocenters. The van der Waals surface area contributed by atoms with Crippen molar-refractivity contribution in [3.63, 3.8) is 0 Å². The highest BCUT2D eigenvalue weighted by Crippen LogP contribution is 2.36. The normalized spacial score (nSPS) is 10.5. The van der Waals surface area contributed by atoms with Gasteiger partial charge in [-0.2, -0.15) is 5.10 Å². The fourth-order valence-corrected chi connectivity index (χ4v) is 2.44. The van der Waals surface area contributed by atoms with Crippen LogP contribution in [0.3, 0.4) is 0 Å². The molecule has 0 aliphatic carbocycles. The van der Waals surface area contributed by atoms with Gasteiger partial charge in [0, 0.05) is 19.4 Å². The van der Waals surface area contributed by atoms with Crippen LogP contribution < -0.4 is 20.2 Å². The summed E-state index contributed by atoms with van der Waals surface area (Å²) in [6.07, 6.45) is 5.10. The van der Waals surface area contributed by atoms with E-state index in [4.69, 9.17) is 21.7 Å². The fourth-order valence-electron chi connectivity index (χ4n) is 1.81. The van der Waals surface area contributed by atoms with E-state index in [9.17, 15) is 0 Å². The maximum absolute atomic E-state index is 5.87. The number of benzene rings is 1. The lowest BCUT2D eigenvalue weighted by Gasteiger charge is -2.13. The molecule has 0 bridgehead atoms. The fraction of sp³-hybridized carbons (Fsp3) is 0.188. The summed E-state index contributed by atoms with van der Waals surface area (Å²) in [5.74, 6) is 1.24. The predicted octanol–water partition coefficient (Wildman–Crippen LogP) is 2.86. The molecule has 1 aromatic carbocycles. The van der Waals surface area contributed by atoms with Gasteiger partial charge < -0.3 is 14.8 Å². The molecule has 0 saturated carbocycles. The zero-order valence-corrected chi connectivity index (χ0v) is 15.6. The summed E-state index contributed by atoms with van der Waals surface area (Å²) >= 11 is 8.46. The van der Waals surface area contributed by atoms with Crippen molar-refractivity contribution in [1.29, 1.82) is 0 Å². The SMILES string of the molecule is CNC(=S)NN=Cc1cc(Br)c(OCc2ccncc2)c(OC)c1. The van der Waals surface area contributed by atoms with Gasteiger partial charge in [-0.15, -0.1) is 0 Å². The maximum atomic E-state index is 5.87. The van der Waals surface area contributed by atoms with E-state index in [-0.39, 0.29) is 0 Å². The first-order chi connectivity index (χ1) is 11.6. The molecule has 0 saturated heterocycles. The summed E-state index contributed by atoms with van der Waals surface area (Å²) in [6.45, 7) is 0.420. The first kappa shape index (κ1) is 18.2. The molecule has 24 heavy (non-hydrogen) atoms. The van der Waals surface area contributed by atoms with Gasteiger partial charge in [0.15, 0.2) is 16.6 Å². The zero-order valence-electron chi connectivity index (χ0n) is 13.2. The highest BCUT2D eigenvalue weighted by atomic mass is 79.9. The second-order valence-electron chi connectivity index (χ2n) is 4.63. The van der Waals surface area contributed by atoms with Crippen molar-refractivity contribution in [2.75, 3.05) is 14.2 Å². The Kier molecular flexibility index (Phi) is 6.95. The van der Waals surface area contributed by atoms with Gasteiger partial charge in [0.1, 0.15) is 6.61 Å². The highest BCUT2D eigenvalue weighted by molar-refractivity contribution is 9.10. The molecule has 8 heteroatoms. The number of methoxy groups -OCH3 is 1. The zero-order chi connectivity index (χ0) is 17.4. The summed E-state index contributed by atoms with van der Waals surface area (Å²) in [5, 5.41) is 7.26. The van der Waals surface area contributed by atoms with Crippen LogP contribution in [-0.2, 0) is 6.61 Å². The van der Waals surface area contributed by atoms with Crippen LogP contribution in [0.15, 0.2) is 46.2 Å². The molecule has 0 aliphatic rings. The molecule has 0 amide bonds. The Balaban J connectivity index is 2.13. The van der Waals surface area contributed by atoms with Gasteiger partial charge in [0.05, 0.1) is 17.8 Å². The maximum Gasteiger partial charge on any atom is 0.186 e. The average molecular weight is 409 g/mol. The van der Waals surface area contributed by atoms with Crippen molar-refractivity contribution in [2.45, 2.75) is 6.61 Å². The number of hydrogen-bond donors (Lipinski definition) is 2. The molecule has 0 radical (unpaired) electrons. The largest absolute Gasteiger partial charge is 0.493 e. The summed E-state index contributed by atoms with van der Waals surface area (Å²) in [4.78, 5) is 3.99. The number of ether oxygens (including phenoxy) is 2. The Morgan fingerprint density at radius 2 is 2.12 bits per heavy atom. The van der Waals surface area contributed by atoms with E-state index in [1.54, 1.807) is 32.8 Å². The Hall–Kier alpha value is -2.19. The van der Waals surface area contributed by atoms with Crippen molar-refractivity contribution in [2.24, 2.45) is 5.10 Å². The molecular formula is C16H17BrN4O2S. The second-order valence-corrected chi connectivity index (χ2v) is 5.89. The lowest BCUT2D eigenvalue weighted by Crippen LogP contribution is -2.28. The summed E-state index contributed by atoms with van der Waals surface area (Å²) < 4.78 is 12.1. The van der Waals surface area contributed by atoms with E-state index >= 15 is 0 Å². The number of pyridine rings is 1. The Labute approximate surface area is 154 Å². The molecule has 0 aliphatic heterocycles. The summed E-state index contributed by atoms with van der Waals surface area (Å²) in [6, 6.07) is 7.52. The average Bonchev–Trinajstić information content (AvgIpc) is 2.61. The van der Waals surface area contributed by atoms with Gasteiger partial charge in [-0.3, -0.25) is 10.4 Å². The Morgan fingerprint density at radius 1 is 1.38 bits per heavy atom. The van der Waals surface area contributed by atoms with Gasteiger partial charge in [-0.25, -0.2) is 0 Å². The molecule has 2 aromatic rings. The minimum atomic E-state index is 0.420. The molecule has 1 heterocycles.